The second-order valence-electron chi connectivity index (χ2n) is 3.10. The molecule has 0 saturated carbocycles. The number of nitrogens with zero attached hydrogens (tertiary/aromatic N) is 3. The fourth-order valence-corrected chi connectivity index (χ4v) is 1.44. The van der Waals surface area contributed by atoms with Crippen LogP contribution < -0.4 is 0 Å². The van der Waals surface area contributed by atoms with E-state index in [1.54, 1.807) is 18.6 Å². The molecule has 72 valence electrons. The molecule has 0 atom stereocenters. The van der Waals surface area contributed by atoms with Gasteiger partial charge in [0.2, 0.25) is 0 Å². The molecule has 4 heteroatoms. The minimum Gasteiger partial charge on any atom is -0.265 e. The Morgan fingerprint density at radius 2 is 2.21 bits per heavy atom. The van der Waals surface area contributed by atoms with Crippen molar-refractivity contribution in [1.29, 1.82) is 0 Å². The normalized spacial score (nSPS) is 10.4. The molecule has 0 spiro atoms. The van der Waals surface area contributed by atoms with E-state index in [2.05, 4.69) is 10.1 Å². The van der Waals surface area contributed by atoms with E-state index in [4.69, 9.17) is 11.6 Å². The second-order valence-corrected chi connectivity index (χ2v) is 3.50. The maximum atomic E-state index is 5.99. The van der Waals surface area contributed by atoms with E-state index in [-0.39, 0.29) is 0 Å². The van der Waals surface area contributed by atoms with Crippen molar-refractivity contribution in [3.63, 3.8) is 0 Å². The monoisotopic (exact) mass is 207 g/mol. The van der Waals surface area contributed by atoms with Crippen molar-refractivity contribution in [3.8, 4) is 0 Å². The smallest absolute Gasteiger partial charge is 0.0678 e. The molecule has 0 unspecified atom stereocenters. The van der Waals surface area contributed by atoms with Crippen LogP contribution in [0.1, 0.15) is 11.3 Å². The summed E-state index contributed by atoms with van der Waals surface area (Å²) in [6.45, 7) is 2.71. The molecule has 0 bridgehead atoms. The van der Waals surface area contributed by atoms with Crippen molar-refractivity contribution in [2.24, 2.45) is 0 Å². The first kappa shape index (κ1) is 9.21. The van der Waals surface area contributed by atoms with E-state index >= 15 is 0 Å². The first-order valence-electron chi connectivity index (χ1n) is 4.34. The molecule has 0 aliphatic rings. The van der Waals surface area contributed by atoms with Gasteiger partial charge in [-0.25, -0.2) is 0 Å². The highest BCUT2D eigenvalue weighted by atomic mass is 35.5. The zero-order valence-electron chi connectivity index (χ0n) is 7.81. The van der Waals surface area contributed by atoms with Crippen LogP contribution in [0.25, 0.3) is 0 Å². The molecule has 0 aromatic carbocycles. The van der Waals surface area contributed by atoms with Gasteiger partial charge in [-0.3, -0.25) is 9.67 Å². The van der Waals surface area contributed by atoms with Crippen LogP contribution in [0.5, 0.6) is 0 Å². The molecule has 2 heterocycles. The Hall–Kier alpha value is -1.35. The predicted octanol–water partition coefficient (Wildman–Crippen LogP) is 2.29. The molecule has 0 N–H and O–H groups in total. The summed E-state index contributed by atoms with van der Waals surface area (Å²) in [4.78, 5) is 3.94. The van der Waals surface area contributed by atoms with Gasteiger partial charge in [0.05, 0.1) is 11.6 Å². The minimum atomic E-state index is 0.683. The quantitative estimate of drug-likeness (QED) is 0.757. The molecule has 3 nitrogen and oxygen atoms in total. The predicted molar refractivity (Wildman–Crippen MR) is 55.3 cm³/mol. The van der Waals surface area contributed by atoms with Crippen molar-refractivity contribution < 1.29 is 0 Å². The van der Waals surface area contributed by atoms with Gasteiger partial charge >= 0.3 is 0 Å². The van der Waals surface area contributed by atoms with Gasteiger partial charge in [0.1, 0.15) is 0 Å². The van der Waals surface area contributed by atoms with Gasteiger partial charge in [-0.1, -0.05) is 11.6 Å². The standard InChI is InChI=1S/C10H10ClN3/c1-8-2-5-13-14(8)7-9-3-4-12-6-10(9)11/h2-6H,7H2,1H3. The molecular weight excluding hydrogens is 198 g/mol. The molecule has 0 aliphatic carbocycles. The lowest BCUT2D eigenvalue weighted by Gasteiger charge is -2.05. The Kier molecular flexibility index (Phi) is 2.50. The highest BCUT2D eigenvalue weighted by Gasteiger charge is 2.02. The summed E-state index contributed by atoms with van der Waals surface area (Å²) in [6.07, 6.45) is 5.17. The van der Waals surface area contributed by atoms with Crippen molar-refractivity contribution in [1.82, 2.24) is 14.8 Å². The fraction of sp³-hybridized carbons (Fsp3) is 0.200. The third kappa shape index (κ3) is 1.77. The lowest BCUT2D eigenvalue weighted by Crippen LogP contribution is -2.03. The van der Waals surface area contributed by atoms with Crippen molar-refractivity contribution in [3.05, 3.63) is 47.0 Å². The minimum absolute atomic E-state index is 0.683. The number of halogens is 1. The van der Waals surface area contributed by atoms with Gasteiger partial charge in [-0.15, -0.1) is 0 Å². The zero-order chi connectivity index (χ0) is 9.97. The summed E-state index contributed by atoms with van der Waals surface area (Å²) in [5.74, 6) is 0. The highest BCUT2D eigenvalue weighted by molar-refractivity contribution is 6.31. The van der Waals surface area contributed by atoms with Gasteiger partial charge in [0, 0.05) is 24.3 Å². The van der Waals surface area contributed by atoms with Gasteiger partial charge in [0.25, 0.3) is 0 Å². The lowest BCUT2D eigenvalue weighted by molar-refractivity contribution is 0.664. The molecule has 0 fully saturated rings. The zero-order valence-corrected chi connectivity index (χ0v) is 8.57. The van der Waals surface area contributed by atoms with Crippen molar-refractivity contribution in [2.45, 2.75) is 13.5 Å². The number of pyridine rings is 1. The van der Waals surface area contributed by atoms with Crippen molar-refractivity contribution >= 4 is 11.6 Å². The molecule has 0 amide bonds. The van der Waals surface area contributed by atoms with Crippen LogP contribution >= 0.6 is 11.6 Å². The number of aromatic nitrogens is 3. The Morgan fingerprint density at radius 1 is 1.36 bits per heavy atom. The number of aryl methyl sites for hydroxylation is 1. The highest BCUT2D eigenvalue weighted by Crippen LogP contribution is 2.14. The average molecular weight is 208 g/mol. The van der Waals surface area contributed by atoms with Crippen LogP contribution in [-0.2, 0) is 6.54 Å². The maximum Gasteiger partial charge on any atom is 0.0678 e. The number of hydrogen-bond acceptors (Lipinski definition) is 2. The Balaban J connectivity index is 2.28. The van der Waals surface area contributed by atoms with E-state index in [1.165, 1.54) is 0 Å². The molecule has 0 saturated heterocycles. The average Bonchev–Trinajstić information content (AvgIpc) is 2.56. The number of rotatable bonds is 2. The van der Waals surface area contributed by atoms with E-state index in [1.807, 2.05) is 23.7 Å². The summed E-state index contributed by atoms with van der Waals surface area (Å²) < 4.78 is 1.90. The van der Waals surface area contributed by atoms with Crippen LogP contribution in [0.4, 0.5) is 0 Å². The van der Waals surface area contributed by atoms with E-state index in [0.717, 1.165) is 11.3 Å². The van der Waals surface area contributed by atoms with Crippen molar-refractivity contribution in [2.75, 3.05) is 0 Å². The Labute approximate surface area is 87.3 Å². The summed E-state index contributed by atoms with van der Waals surface area (Å²) in [5.41, 5.74) is 2.16. The third-order valence-electron chi connectivity index (χ3n) is 2.11. The van der Waals surface area contributed by atoms with E-state index < -0.39 is 0 Å². The molecule has 2 rings (SSSR count). The second kappa shape index (κ2) is 3.80. The topological polar surface area (TPSA) is 30.7 Å². The largest absolute Gasteiger partial charge is 0.265 e. The van der Waals surface area contributed by atoms with Crippen LogP contribution in [0, 0.1) is 6.92 Å². The van der Waals surface area contributed by atoms with E-state index in [0.29, 0.717) is 11.6 Å². The first-order valence-corrected chi connectivity index (χ1v) is 4.72. The van der Waals surface area contributed by atoms with E-state index in [9.17, 15) is 0 Å². The van der Waals surface area contributed by atoms with Gasteiger partial charge in [0.15, 0.2) is 0 Å². The molecule has 2 aromatic heterocycles. The first-order chi connectivity index (χ1) is 6.77. The van der Waals surface area contributed by atoms with Crippen LogP contribution in [0.15, 0.2) is 30.7 Å². The Morgan fingerprint density at radius 3 is 2.86 bits per heavy atom. The molecule has 0 radical (unpaired) electrons. The SMILES string of the molecule is Cc1ccnn1Cc1ccncc1Cl. The van der Waals surface area contributed by atoms with Gasteiger partial charge in [-0.05, 0) is 24.6 Å². The third-order valence-corrected chi connectivity index (χ3v) is 2.45. The fourth-order valence-electron chi connectivity index (χ4n) is 1.26. The molecular formula is C10H10ClN3. The Bertz CT molecular complexity index is 436. The molecule has 0 aliphatic heterocycles. The van der Waals surface area contributed by atoms with Crippen LogP contribution in [0.3, 0.4) is 0 Å². The number of hydrogen-bond donors (Lipinski definition) is 0. The maximum absolute atomic E-state index is 5.99. The van der Waals surface area contributed by atoms with Crippen LogP contribution in [0.2, 0.25) is 5.02 Å². The molecule has 2 aromatic rings. The van der Waals surface area contributed by atoms with Gasteiger partial charge < -0.3 is 0 Å². The van der Waals surface area contributed by atoms with Gasteiger partial charge in [-0.2, -0.15) is 5.10 Å². The van der Waals surface area contributed by atoms with Crippen LogP contribution in [-0.4, -0.2) is 14.8 Å². The summed E-state index contributed by atoms with van der Waals surface area (Å²) >= 11 is 5.99. The molecule has 14 heavy (non-hydrogen) atoms. The lowest BCUT2D eigenvalue weighted by atomic mass is 10.2. The summed E-state index contributed by atoms with van der Waals surface area (Å²) in [7, 11) is 0. The summed E-state index contributed by atoms with van der Waals surface area (Å²) in [6, 6.07) is 3.87. The summed E-state index contributed by atoms with van der Waals surface area (Å²) in [5, 5.41) is 4.87.